The number of anilines is 1. The lowest BCUT2D eigenvalue weighted by molar-refractivity contribution is -0.143. The lowest BCUT2D eigenvalue weighted by atomic mass is 10.0. The summed E-state index contributed by atoms with van der Waals surface area (Å²) in [6.07, 6.45) is -7.81. The van der Waals surface area contributed by atoms with Crippen molar-refractivity contribution in [2.45, 2.75) is 31.2 Å². The Balaban J connectivity index is 1.67. The van der Waals surface area contributed by atoms with E-state index >= 15 is 0 Å². The summed E-state index contributed by atoms with van der Waals surface area (Å²) < 4.78 is 78.4. The zero-order valence-electron chi connectivity index (χ0n) is 15.3. The van der Waals surface area contributed by atoms with Gasteiger partial charge in [0.25, 0.3) is 0 Å². The first-order chi connectivity index (χ1) is 13.6. The second kappa shape index (κ2) is 7.16. The van der Waals surface area contributed by atoms with Crippen molar-refractivity contribution < 1.29 is 26.3 Å². The van der Waals surface area contributed by atoms with E-state index in [4.69, 9.17) is 0 Å². The summed E-state index contributed by atoms with van der Waals surface area (Å²) in [4.78, 5) is 4.48. The minimum Gasteiger partial charge on any atom is -0.351 e. The minimum absolute atomic E-state index is 0.0341. The number of hydrogen-bond donors (Lipinski definition) is 0. The SMILES string of the molecule is FC(F)(F)c1cc(-c2ccc(N3CCN4CCC3CC4)nn2)cc(C(F)(F)F)c1. The van der Waals surface area contributed by atoms with Crippen LogP contribution in [0.25, 0.3) is 11.3 Å². The van der Waals surface area contributed by atoms with Crippen LogP contribution in [0.15, 0.2) is 30.3 Å². The molecule has 0 saturated carbocycles. The molecule has 3 saturated heterocycles. The van der Waals surface area contributed by atoms with Gasteiger partial charge in [0.15, 0.2) is 5.82 Å². The maximum Gasteiger partial charge on any atom is 0.416 e. The Hall–Kier alpha value is -2.36. The van der Waals surface area contributed by atoms with E-state index in [9.17, 15) is 26.3 Å². The number of halogens is 6. The zero-order chi connectivity index (χ0) is 20.8. The fourth-order valence-corrected chi connectivity index (χ4v) is 3.92. The van der Waals surface area contributed by atoms with Gasteiger partial charge in [0, 0.05) is 37.8 Å². The van der Waals surface area contributed by atoms with Gasteiger partial charge < -0.3 is 9.80 Å². The Kier molecular flexibility index (Phi) is 4.92. The smallest absolute Gasteiger partial charge is 0.351 e. The van der Waals surface area contributed by atoms with Gasteiger partial charge in [-0.25, -0.2) is 0 Å². The molecule has 10 heteroatoms. The number of benzene rings is 1. The molecular weight excluding hydrogens is 398 g/mol. The third-order valence-electron chi connectivity index (χ3n) is 5.48. The Morgan fingerprint density at radius 3 is 1.90 bits per heavy atom. The van der Waals surface area contributed by atoms with Crippen molar-refractivity contribution in [2.24, 2.45) is 0 Å². The first kappa shape index (κ1) is 19.9. The molecule has 1 aromatic heterocycles. The normalized spacial score (nSPS) is 22.6. The summed E-state index contributed by atoms with van der Waals surface area (Å²) >= 11 is 0. The van der Waals surface area contributed by atoms with Crippen molar-refractivity contribution in [2.75, 3.05) is 31.1 Å². The van der Waals surface area contributed by atoms with Gasteiger partial charge in [-0.05, 0) is 43.2 Å². The van der Waals surface area contributed by atoms with Gasteiger partial charge in [-0.1, -0.05) is 0 Å². The Morgan fingerprint density at radius 1 is 0.759 bits per heavy atom. The van der Waals surface area contributed by atoms with Gasteiger partial charge in [-0.3, -0.25) is 0 Å². The standard InChI is InChI=1S/C19H18F6N4/c20-18(21,22)13-9-12(10-14(11-13)19(23,24)25)16-1-2-17(27-26-16)29-8-7-28-5-3-15(29)4-6-28/h1-2,9-11,15H,3-8H2. The third kappa shape index (κ3) is 4.17. The van der Waals surface area contributed by atoms with Crippen molar-refractivity contribution >= 4 is 5.82 Å². The Morgan fingerprint density at radius 2 is 1.38 bits per heavy atom. The number of rotatable bonds is 2. The van der Waals surface area contributed by atoms with Gasteiger partial charge in [0.2, 0.25) is 0 Å². The highest BCUT2D eigenvalue weighted by Gasteiger charge is 2.37. The molecule has 0 atom stereocenters. The summed E-state index contributed by atoms with van der Waals surface area (Å²) in [6.45, 7) is 3.68. The van der Waals surface area contributed by atoms with E-state index in [1.54, 1.807) is 6.07 Å². The number of aromatic nitrogens is 2. The highest BCUT2D eigenvalue weighted by atomic mass is 19.4. The molecule has 0 radical (unpaired) electrons. The highest BCUT2D eigenvalue weighted by molar-refractivity contribution is 5.62. The van der Waals surface area contributed by atoms with E-state index in [2.05, 4.69) is 20.0 Å². The fourth-order valence-electron chi connectivity index (χ4n) is 3.92. The first-order valence-corrected chi connectivity index (χ1v) is 9.24. The summed E-state index contributed by atoms with van der Waals surface area (Å²) in [5, 5.41) is 8.06. The van der Waals surface area contributed by atoms with Crippen LogP contribution >= 0.6 is 0 Å². The number of fused-ring (bicyclic) bond motifs is 4. The third-order valence-corrected chi connectivity index (χ3v) is 5.48. The van der Waals surface area contributed by atoms with Crippen LogP contribution in [0.3, 0.4) is 0 Å². The molecular formula is C19H18F6N4. The molecule has 29 heavy (non-hydrogen) atoms. The predicted octanol–water partition coefficient (Wildman–Crippen LogP) is 4.47. The van der Waals surface area contributed by atoms with E-state index in [0.29, 0.717) is 24.0 Å². The highest BCUT2D eigenvalue weighted by Crippen LogP contribution is 2.38. The molecule has 2 bridgehead atoms. The fraction of sp³-hybridized carbons (Fsp3) is 0.474. The first-order valence-electron chi connectivity index (χ1n) is 9.24. The summed E-state index contributed by atoms with van der Waals surface area (Å²) in [5.74, 6) is 0.588. The van der Waals surface area contributed by atoms with Crippen molar-refractivity contribution in [3.8, 4) is 11.3 Å². The lowest BCUT2D eigenvalue weighted by Crippen LogP contribution is -2.38. The zero-order valence-corrected chi connectivity index (χ0v) is 15.3. The lowest BCUT2D eigenvalue weighted by Gasteiger charge is -2.31. The van der Waals surface area contributed by atoms with Crippen LogP contribution in [0.5, 0.6) is 0 Å². The van der Waals surface area contributed by atoms with Crippen molar-refractivity contribution in [3.63, 3.8) is 0 Å². The molecule has 156 valence electrons. The maximum absolute atomic E-state index is 13.1. The molecule has 0 spiro atoms. The van der Waals surface area contributed by atoms with Gasteiger partial charge in [-0.15, -0.1) is 10.2 Å². The molecule has 0 aliphatic carbocycles. The van der Waals surface area contributed by atoms with Crippen LogP contribution in [-0.4, -0.2) is 47.3 Å². The minimum atomic E-state index is -4.90. The largest absolute Gasteiger partial charge is 0.416 e. The molecule has 2 aromatic rings. The molecule has 3 aliphatic rings. The molecule has 1 aromatic carbocycles. The van der Waals surface area contributed by atoms with Crippen molar-refractivity contribution in [1.82, 2.24) is 15.1 Å². The second-order valence-corrected chi connectivity index (χ2v) is 7.34. The molecule has 3 fully saturated rings. The van der Waals surface area contributed by atoms with Gasteiger partial charge in [-0.2, -0.15) is 26.3 Å². The summed E-state index contributed by atoms with van der Waals surface area (Å²) in [7, 11) is 0. The number of nitrogens with zero attached hydrogens (tertiary/aromatic N) is 4. The van der Waals surface area contributed by atoms with E-state index < -0.39 is 23.5 Å². The quantitative estimate of drug-likeness (QED) is 0.677. The topological polar surface area (TPSA) is 32.3 Å². The van der Waals surface area contributed by atoms with Crippen LogP contribution in [-0.2, 0) is 12.4 Å². The van der Waals surface area contributed by atoms with E-state index in [1.807, 2.05) is 0 Å². The molecule has 0 unspecified atom stereocenters. The van der Waals surface area contributed by atoms with E-state index in [0.717, 1.165) is 39.0 Å². The van der Waals surface area contributed by atoms with Crippen molar-refractivity contribution in [3.05, 3.63) is 41.5 Å². The molecule has 4 heterocycles. The molecule has 3 aliphatic heterocycles. The predicted molar refractivity (Wildman–Crippen MR) is 94.3 cm³/mol. The van der Waals surface area contributed by atoms with Gasteiger partial charge in [0.05, 0.1) is 16.8 Å². The van der Waals surface area contributed by atoms with Crippen LogP contribution in [0.2, 0.25) is 0 Å². The average molecular weight is 416 g/mol. The Labute approximate surface area is 163 Å². The van der Waals surface area contributed by atoms with Gasteiger partial charge in [0.1, 0.15) is 0 Å². The average Bonchev–Trinajstić information content (AvgIpc) is 3.00. The van der Waals surface area contributed by atoms with Crippen molar-refractivity contribution in [1.29, 1.82) is 0 Å². The van der Waals surface area contributed by atoms with Crippen LogP contribution < -0.4 is 4.90 Å². The van der Waals surface area contributed by atoms with Crippen LogP contribution in [0.1, 0.15) is 24.0 Å². The monoisotopic (exact) mass is 416 g/mol. The summed E-state index contributed by atoms with van der Waals surface area (Å²) in [6, 6.07) is 4.80. The molecule has 5 rings (SSSR count). The number of alkyl halides is 6. The summed E-state index contributed by atoms with van der Waals surface area (Å²) in [5.41, 5.74) is -3.04. The van der Waals surface area contributed by atoms with E-state index in [-0.39, 0.29) is 17.3 Å². The Bertz CT molecular complexity index is 837. The van der Waals surface area contributed by atoms with Gasteiger partial charge >= 0.3 is 12.4 Å². The number of hydrogen-bond acceptors (Lipinski definition) is 4. The number of piperidine rings is 1. The second-order valence-electron chi connectivity index (χ2n) is 7.34. The van der Waals surface area contributed by atoms with Crippen LogP contribution in [0.4, 0.5) is 32.2 Å². The molecule has 4 nitrogen and oxygen atoms in total. The maximum atomic E-state index is 13.1. The molecule has 0 amide bonds. The van der Waals surface area contributed by atoms with Crippen LogP contribution in [0, 0.1) is 0 Å². The molecule has 0 N–H and O–H groups in total. The van der Waals surface area contributed by atoms with E-state index in [1.165, 1.54) is 6.07 Å².